The van der Waals surface area contributed by atoms with Crippen molar-refractivity contribution in [2.45, 2.75) is 38.6 Å². The smallest absolute Gasteiger partial charge is 0.155 e. The first-order valence-electron chi connectivity index (χ1n) is 9.58. The molecule has 2 aromatic rings. The minimum atomic E-state index is 0.438. The molecule has 26 heavy (non-hydrogen) atoms. The van der Waals surface area contributed by atoms with Crippen LogP contribution in [0, 0.1) is 6.92 Å². The summed E-state index contributed by atoms with van der Waals surface area (Å²) in [6.07, 6.45) is 3.42. The fourth-order valence-electron chi connectivity index (χ4n) is 3.47. The Labute approximate surface area is 156 Å². The van der Waals surface area contributed by atoms with Gasteiger partial charge in [-0.25, -0.2) is 4.98 Å². The molecular weight excluding hydrogens is 326 g/mol. The molecule has 0 bridgehead atoms. The topological polar surface area (TPSA) is 57.3 Å². The number of hydrogen-bond donors (Lipinski definition) is 1. The van der Waals surface area contributed by atoms with Crippen LogP contribution in [0.4, 0.5) is 0 Å². The van der Waals surface area contributed by atoms with Crippen molar-refractivity contribution in [3.63, 3.8) is 0 Å². The molecule has 1 aliphatic rings. The fourth-order valence-corrected chi connectivity index (χ4v) is 3.47. The van der Waals surface area contributed by atoms with E-state index in [4.69, 9.17) is 4.74 Å². The number of nitrogens with zero attached hydrogens (tertiary/aromatic N) is 4. The number of aromatic nitrogens is 3. The average Bonchev–Trinajstić information content (AvgIpc) is 3.07. The third-order valence-corrected chi connectivity index (χ3v) is 4.83. The highest BCUT2D eigenvalue weighted by atomic mass is 16.5. The highest BCUT2D eigenvalue weighted by Gasteiger charge is 2.24. The lowest BCUT2D eigenvalue weighted by Crippen LogP contribution is -2.34. The lowest BCUT2D eigenvalue weighted by atomic mass is 9.97. The monoisotopic (exact) mass is 357 g/mol. The SMILES string of the molecule is Cc1nc([C@H]2CCCN(Cc3ccc(OCCCN(C)C)cc3)C2)n[nH]1. The summed E-state index contributed by atoms with van der Waals surface area (Å²) in [5.74, 6) is 3.26. The van der Waals surface area contributed by atoms with Crippen molar-refractivity contribution in [1.29, 1.82) is 0 Å². The van der Waals surface area contributed by atoms with Crippen molar-refractivity contribution in [3.05, 3.63) is 41.5 Å². The molecule has 0 saturated carbocycles. The van der Waals surface area contributed by atoms with Gasteiger partial charge in [0.15, 0.2) is 5.82 Å². The number of piperidine rings is 1. The van der Waals surface area contributed by atoms with Crippen LogP contribution < -0.4 is 4.74 Å². The Balaban J connectivity index is 1.47. The number of benzene rings is 1. The lowest BCUT2D eigenvalue weighted by Gasteiger charge is -2.31. The first kappa shape index (κ1) is 18.9. The van der Waals surface area contributed by atoms with Gasteiger partial charge in [0.05, 0.1) is 6.61 Å². The lowest BCUT2D eigenvalue weighted by molar-refractivity contribution is 0.196. The summed E-state index contributed by atoms with van der Waals surface area (Å²) in [5, 5.41) is 7.32. The van der Waals surface area contributed by atoms with Crippen LogP contribution in [-0.4, -0.2) is 65.3 Å². The molecule has 0 aliphatic carbocycles. The number of hydrogen-bond acceptors (Lipinski definition) is 5. The third-order valence-electron chi connectivity index (χ3n) is 4.83. The Kier molecular flexibility index (Phi) is 6.63. The molecule has 0 amide bonds. The van der Waals surface area contributed by atoms with Crippen molar-refractivity contribution >= 4 is 0 Å². The van der Waals surface area contributed by atoms with Gasteiger partial charge in [-0.1, -0.05) is 12.1 Å². The maximum atomic E-state index is 5.82. The van der Waals surface area contributed by atoms with E-state index in [2.05, 4.69) is 63.3 Å². The van der Waals surface area contributed by atoms with Crippen LogP contribution in [0.5, 0.6) is 5.75 Å². The Bertz CT molecular complexity index is 667. The Morgan fingerprint density at radius 3 is 2.77 bits per heavy atom. The largest absolute Gasteiger partial charge is 0.494 e. The van der Waals surface area contributed by atoms with E-state index in [0.29, 0.717) is 5.92 Å². The van der Waals surface area contributed by atoms with Gasteiger partial charge in [-0.2, -0.15) is 5.10 Å². The summed E-state index contributed by atoms with van der Waals surface area (Å²) in [5.41, 5.74) is 1.33. The molecule has 1 saturated heterocycles. The van der Waals surface area contributed by atoms with Crippen LogP contribution in [-0.2, 0) is 6.54 Å². The number of nitrogens with one attached hydrogen (secondary N) is 1. The molecule has 1 aromatic carbocycles. The van der Waals surface area contributed by atoms with Crippen molar-refractivity contribution in [3.8, 4) is 5.75 Å². The number of H-pyrrole nitrogens is 1. The molecule has 3 rings (SSSR count). The quantitative estimate of drug-likeness (QED) is 0.736. The summed E-state index contributed by atoms with van der Waals surface area (Å²) < 4.78 is 5.82. The van der Waals surface area contributed by atoms with Gasteiger partial charge in [0.25, 0.3) is 0 Å². The Morgan fingerprint density at radius 2 is 2.08 bits per heavy atom. The van der Waals surface area contributed by atoms with E-state index >= 15 is 0 Å². The number of likely N-dealkylation sites (tertiary alicyclic amines) is 1. The van der Waals surface area contributed by atoms with Gasteiger partial charge in [-0.3, -0.25) is 10.00 Å². The highest BCUT2D eigenvalue weighted by molar-refractivity contribution is 5.27. The molecule has 0 spiro atoms. The van der Waals surface area contributed by atoms with E-state index in [1.807, 2.05) is 6.92 Å². The number of rotatable bonds is 8. The molecule has 0 unspecified atom stereocenters. The van der Waals surface area contributed by atoms with Gasteiger partial charge in [-0.05, 0) is 64.5 Å². The summed E-state index contributed by atoms with van der Waals surface area (Å²) in [7, 11) is 4.17. The average molecular weight is 358 g/mol. The number of ether oxygens (including phenoxy) is 1. The van der Waals surface area contributed by atoms with Gasteiger partial charge in [0.1, 0.15) is 11.6 Å². The summed E-state index contributed by atoms with van der Waals surface area (Å²) in [6, 6.07) is 8.54. The van der Waals surface area contributed by atoms with E-state index in [0.717, 1.165) is 56.6 Å². The summed E-state index contributed by atoms with van der Waals surface area (Å²) in [6.45, 7) is 6.92. The third kappa shape index (κ3) is 5.54. The van der Waals surface area contributed by atoms with E-state index in [-0.39, 0.29) is 0 Å². The highest BCUT2D eigenvalue weighted by Crippen LogP contribution is 2.25. The summed E-state index contributed by atoms with van der Waals surface area (Å²) in [4.78, 5) is 9.21. The summed E-state index contributed by atoms with van der Waals surface area (Å²) >= 11 is 0. The second-order valence-electron chi connectivity index (χ2n) is 7.50. The van der Waals surface area contributed by atoms with Crippen LogP contribution in [0.3, 0.4) is 0 Å². The maximum Gasteiger partial charge on any atom is 0.155 e. The van der Waals surface area contributed by atoms with E-state index < -0.39 is 0 Å². The zero-order chi connectivity index (χ0) is 18.4. The molecule has 1 aliphatic heterocycles. The van der Waals surface area contributed by atoms with Crippen molar-refractivity contribution in [1.82, 2.24) is 25.0 Å². The molecule has 1 fully saturated rings. The van der Waals surface area contributed by atoms with E-state index in [9.17, 15) is 0 Å². The van der Waals surface area contributed by atoms with Crippen LogP contribution in [0.1, 0.15) is 42.4 Å². The van der Waals surface area contributed by atoms with Crippen molar-refractivity contribution in [2.24, 2.45) is 0 Å². The Morgan fingerprint density at radius 1 is 1.27 bits per heavy atom. The molecular formula is C20H31N5O. The first-order chi connectivity index (χ1) is 12.6. The van der Waals surface area contributed by atoms with Crippen molar-refractivity contribution in [2.75, 3.05) is 40.3 Å². The molecule has 6 heteroatoms. The van der Waals surface area contributed by atoms with E-state index in [1.165, 1.54) is 18.4 Å². The standard InChI is InChI=1S/C20H31N5O/c1-16-21-20(23-22-16)18-6-4-12-25(15-18)14-17-7-9-19(10-8-17)26-13-5-11-24(2)3/h7-10,18H,4-6,11-15H2,1-3H3,(H,21,22,23)/t18-/m0/s1. The molecule has 1 N–H and O–H groups in total. The second kappa shape index (κ2) is 9.14. The van der Waals surface area contributed by atoms with Crippen molar-refractivity contribution < 1.29 is 4.74 Å². The number of aryl methyl sites for hydroxylation is 1. The maximum absolute atomic E-state index is 5.82. The minimum absolute atomic E-state index is 0.438. The molecule has 0 radical (unpaired) electrons. The molecule has 142 valence electrons. The fraction of sp³-hybridized carbons (Fsp3) is 0.600. The molecule has 1 aromatic heterocycles. The normalized spacial score (nSPS) is 18.4. The predicted molar refractivity (Wildman–Crippen MR) is 103 cm³/mol. The first-order valence-corrected chi connectivity index (χ1v) is 9.58. The second-order valence-corrected chi connectivity index (χ2v) is 7.50. The van der Waals surface area contributed by atoms with Gasteiger partial charge in [-0.15, -0.1) is 0 Å². The van der Waals surface area contributed by atoms with Crippen LogP contribution >= 0.6 is 0 Å². The predicted octanol–water partition coefficient (Wildman–Crippen LogP) is 2.82. The van der Waals surface area contributed by atoms with Gasteiger partial charge >= 0.3 is 0 Å². The zero-order valence-electron chi connectivity index (χ0n) is 16.2. The Hall–Kier alpha value is -1.92. The van der Waals surface area contributed by atoms with Gasteiger partial charge in [0, 0.05) is 25.6 Å². The van der Waals surface area contributed by atoms with Crippen LogP contribution in [0.15, 0.2) is 24.3 Å². The van der Waals surface area contributed by atoms with Crippen LogP contribution in [0.25, 0.3) is 0 Å². The van der Waals surface area contributed by atoms with E-state index in [1.54, 1.807) is 0 Å². The number of aromatic amines is 1. The van der Waals surface area contributed by atoms with Crippen LogP contribution in [0.2, 0.25) is 0 Å². The minimum Gasteiger partial charge on any atom is -0.494 e. The molecule has 6 nitrogen and oxygen atoms in total. The van der Waals surface area contributed by atoms with Gasteiger partial charge < -0.3 is 9.64 Å². The van der Waals surface area contributed by atoms with Gasteiger partial charge in [0.2, 0.25) is 0 Å². The molecule has 1 atom stereocenters. The molecule has 2 heterocycles. The zero-order valence-corrected chi connectivity index (χ0v) is 16.2.